The molecule has 6 heteroatoms. The van der Waals surface area contributed by atoms with Gasteiger partial charge in [0.1, 0.15) is 10.6 Å². The lowest BCUT2D eigenvalue weighted by molar-refractivity contribution is 0.395. The summed E-state index contributed by atoms with van der Waals surface area (Å²) in [7, 11) is -2.40. The molecule has 1 aromatic rings. The molecule has 0 spiro atoms. The van der Waals surface area contributed by atoms with Crippen LogP contribution in [-0.4, -0.2) is 28.3 Å². The molecule has 0 saturated heterocycles. The van der Waals surface area contributed by atoms with Crippen molar-refractivity contribution in [2.24, 2.45) is 5.73 Å². The lowest BCUT2D eigenvalue weighted by atomic mass is 10.2. The first-order valence-corrected chi connectivity index (χ1v) is 6.74. The van der Waals surface area contributed by atoms with E-state index < -0.39 is 20.5 Å². The number of rotatable bonds is 4. The van der Waals surface area contributed by atoms with Crippen molar-refractivity contribution in [2.75, 3.05) is 19.9 Å². The van der Waals surface area contributed by atoms with Gasteiger partial charge in [-0.3, -0.25) is 0 Å². The SMILES string of the molecule is COc1ccc(/C=C/CN)c(F)c1S(C)(=O)=O. The van der Waals surface area contributed by atoms with Crippen molar-refractivity contribution in [3.8, 4) is 5.75 Å². The Morgan fingerprint density at radius 1 is 1.47 bits per heavy atom. The van der Waals surface area contributed by atoms with Crippen LogP contribution in [0.5, 0.6) is 5.75 Å². The predicted molar refractivity (Wildman–Crippen MR) is 64.2 cm³/mol. The summed E-state index contributed by atoms with van der Waals surface area (Å²) in [6.07, 6.45) is 3.91. The van der Waals surface area contributed by atoms with E-state index in [1.807, 2.05) is 0 Å². The average molecular weight is 259 g/mol. The summed E-state index contributed by atoms with van der Waals surface area (Å²) >= 11 is 0. The summed E-state index contributed by atoms with van der Waals surface area (Å²) in [4.78, 5) is -0.431. The van der Waals surface area contributed by atoms with Gasteiger partial charge in [-0.1, -0.05) is 12.2 Å². The Balaban J connectivity index is 3.49. The lowest BCUT2D eigenvalue weighted by Gasteiger charge is -2.09. The molecule has 0 atom stereocenters. The monoisotopic (exact) mass is 259 g/mol. The molecular weight excluding hydrogens is 245 g/mol. The van der Waals surface area contributed by atoms with E-state index in [-0.39, 0.29) is 17.9 Å². The van der Waals surface area contributed by atoms with Crippen LogP contribution in [0.15, 0.2) is 23.1 Å². The van der Waals surface area contributed by atoms with Crippen LogP contribution in [0.4, 0.5) is 4.39 Å². The minimum Gasteiger partial charge on any atom is -0.495 e. The maximum atomic E-state index is 14.0. The Bertz CT molecular complexity index is 538. The van der Waals surface area contributed by atoms with Crippen LogP contribution in [0.1, 0.15) is 5.56 Å². The Morgan fingerprint density at radius 3 is 2.59 bits per heavy atom. The molecule has 0 saturated carbocycles. The lowest BCUT2D eigenvalue weighted by Crippen LogP contribution is -2.05. The second-order valence-corrected chi connectivity index (χ2v) is 5.36. The molecule has 0 amide bonds. The Morgan fingerprint density at radius 2 is 2.12 bits per heavy atom. The summed E-state index contributed by atoms with van der Waals surface area (Å²) in [5.74, 6) is -0.827. The van der Waals surface area contributed by atoms with E-state index in [4.69, 9.17) is 10.5 Å². The summed E-state index contributed by atoms with van der Waals surface area (Å²) in [5.41, 5.74) is 5.42. The number of hydrogen-bond donors (Lipinski definition) is 1. The minimum absolute atomic E-state index is 0.00472. The van der Waals surface area contributed by atoms with Crippen LogP contribution in [0.25, 0.3) is 6.08 Å². The van der Waals surface area contributed by atoms with Crippen molar-refractivity contribution in [3.63, 3.8) is 0 Å². The van der Waals surface area contributed by atoms with Crippen molar-refractivity contribution in [1.29, 1.82) is 0 Å². The zero-order valence-electron chi connectivity index (χ0n) is 9.60. The quantitative estimate of drug-likeness (QED) is 0.882. The molecular formula is C11H14FNO3S. The first-order chi connectivity index (χ1) is 7.91. The highest BCUT2D eigenvalue weighted by molar-refractivity contribution is 7.90. The summed E-state index contributed by atoms with van der Waals surface area (Å²) in [6, 6.07) is 2.85. The molecule has 1 aromatic carbocycles. The molecule has 0 bridgehead atoms. The molecule has 2 N–H and O–H groups in total. The molecule has 0 radical (unpaired) electrons. The van der Waals surface area contributed by atoms with Gasteiger partial charge >= 0.3 is 0 Å². The van der Waals surface area contributed by atoms with E-state index in [9.17, 15) is 12.8 Å². The Kier molecular flexibility index (Phi) is 4.25. The molecule has 0 aliphatic heterocycles. The third-order valence-corrected chi connectivity index (χ3v) is 3.24. The molecule has 17 heavy (non-hydrogen) atoms. The summed E-state index contributed by atoms with van der Waals surface area (Å²) in [6.45, 7) is 0.250. The van der Waals surface area contributed by atoms with Crippen LogP contribution < -0.4 is 10.5 Å². The van der Waals surface area contributed by atoms with Crippen molar-refractivity contribution in [3.05, 3.63) is 29.6 Å². The molecule has 4 nitrogen and oxygen atoms in total. The van der Waals surface area contributed by atoms with Gasteiger partial charge in [-0.25, -0.2) is 12.8 Å². The van der Waals surface area contributed by atoms with Gasteiger partial charge in [0.15, 0.2) is 15.7 Å². The number of ether oxygens (including phenoxy) is 1. The molecule has 94 valence electrons. The maximum absolute atomic E-state index is 14.0. The standard InChI is InChI=1S/C11H14FNO3S/c1-16-9-6-5-8(4-3-7-13)10(12)11(9)17(2,14)15/h3-6H,7,13H2,1-2H3/b4-3+. The molecule has 0 aliphatic rings. The highest BCUT2D eigenvalue weighted by Crippen LogP contribution is 2.29. The van der Waals surface area contributed by atoms with Crippen LogP contribution in [-0.2, 0) is 9.84 Å². The number of halogens is 1. The van der Waals surface area contributed by atoms with E-state index in [1.165, 1.54) is 31.4 Å². The van der Waals surface area contributed by atoms with Crippen LogP contribution >= 0.6 is 0 Å². The van der Waals surface area contributed by atoms with Gasteiger partial charge < -0.3 is 10.5 Å². The van der Waals surface area contributed by atoms with Gasteiger partial charge in [0.05, 0.1) is 7.11 Å². The van der Waals surface area contributed by atoms with Crippen LogP contribution in [0, 0.1) is 5.82 Å². The normalized spacial score (nSPS) is 12.0. The van der Waals surface area contributed by atoms with Gasteiger partial charge in [0.2, 0.25) is 0 Å². The Hall–Kier alpha value is -1.40. The zero-order valence-corrected chi connectivity index (χ0v) is 10.4. The molecule has 0 heterocycles. The Labute approximate surface area is 99.8 Å². The van der Waals surface area contributed by atoms with E-state index in [1.54, 1.807) is 0 Å². The molecule has 1 rings (SSSR count). The third kappa shape index (κ3) is 3.04. The van der Waals surface area contributed by atoms with Crippen molar-refractivity contribution < 1.29 is 17.5 Å². The molecule has 0 fully saturated rings. The van der Waals surface area contributed by atoms with E-state index in [0.29, 0.717) is 0 Å². The maximum Gasteiger partial charge on any atom is 0.182 e. The predicted octanol–water partition coefficient (Wildman–Crippen LogP) is 1.21. The number of nitrogens with two attached hydrogens (primary N) is 1. The van der Waals surface area contributed by atoms with Gasteiger partial charge in [-0.15, -0.1) is 0 Å². The van der Waals surface area contributed by atoms with Gasteiger partial charge in [0, 0.05) is 18.4 Å². The fourth-order valence-corrected chi connectivity index (χ4v) is 2.34. The van der Waals surface area contributed by atoms with E-state index >= 15 is 0 Å². The number of benzene rings is 1. The van der Waals surface area contributed by atoms with E-state index in [0.717, 1.165) is 6.26 Å². The molecule has 0 aromatic heterocycles. The minimum atomic E-state index is -3.69. The summed E-state index contributed by atoms with van der Waals surface area (Å²) in [5, 5.41) is 0. The number of hydrogen-bond acceptors (Lipinski definition) is 4. The topological polar surface area (TPSA) is 69.4 Å². The number of methoxy groups -OCH3 is 1. The molecule has 0 aliphatic carbocycles. The van der Waals surface area contributed by atoms with E-state index in [2.05, 4.69) is 0 Å². The van der Waals surface area contributed by atoms with Crippen molar-refractivity contribution in [2.45, 2.75) is 4.90 Å². The second kappa shape index (κ2) is 5.29. The van der Waals surface area contributed by atoms with Crippen LogP contribution in [0.2, 0.25) is 0 Å². The van der Waals surface area contributed by atoms with Crippen molar-refractivity contribution >= 4 is 15.9 Å². The highest BCUT2D eigenvalue weighted by Gasteiger charge is 2.21. The third-order valence-electron chi connectivity index (χ3n) is 2.12. The van der Waals surface area contributed by atoms with Crippen molar-refractivity contribution in [1.82, 2.24) is 0 Å². The zero-order chi connectivity index (χ0) is 13.1. The smallest absolute Gasteiger partial charge is 0.182 e. The number of sulfone groups is 1. The largest absolute Gasteiger partial charge is 0.495 e. The van der Waals surface area contributed by atoms with Gasteiger partial charge in [0.25, 0.3) is 0 Å². The first-order valence-electron chi connectivity index (χ1n) is 4.85. The fourth-order valence-electron chi connectivity index (χ4n) is 1.38. The fraction of sp³-hybridized carbons (Fsp3) is 0.273. The highest BCUT2D eigenvalue weighted by atomic mass is 32.2. The molecule has 0 unspecified atom stereocenters. The average Bonchev–Trinajstić information content (AvgIpc) is 2.25. The van der Waals surface area contributed by atoms with Gasteiger partial charge in [-0.05, 0) is 12.1 Å². The summed E-state index contributed by atoms with van der Waals surface area (Å²) < 4.78 is 41.8. The van der Waals surface area contributed by atoms with Crippen LogP contribution in [0.3, 0.4) is 0 Å². The second-order valence-electron chi connectivity index (χ2n) is 3.41. The first kappa shape index (κ1) is 13.7. The van der Waals surface area contributed by atoms with Gasteiger partial charge in [-0.2, -0.15) is 0 Å².